The van der Waals surface area contributed by atoms with Crippen LogP contribution in [0.15, 0.2) is 78.0 Å². The summed E-state index contributed by atoms with van der Waals surface area (Å²) in [6, 6.07) is 18.7. The maximum Gasteiger partial charge on any atom is 0.737 e. The van der Waals surface area contributed by atoms with Gasteiger partial charge in [-0.2, -0.15) is 0 Å². The third-order valence-corrected chi connectivity index (χ3v) is 7.58. The minimum atomic E-state index is -4.18. The Morgan fingerprint density at radius 2 is 1.72 bits per heavy atom. The van der Waals surface area contributed by atoms with E-state index in [-0.39, 0.29) is 5.75 Å². The summed E-state index contributed by atoms with van der Waals surface area (Å²) in [5, 5.41) is 11.3. The summed E-state index contributed by atoms with van der Waals surface area (Å²) in [5.74, 6) is 0.0552. The minimum Gasteiger partial charge on any atom is -0.506 e. The van der Waals surface area contributed by atoms with Crippen LogP contribution in [0.3, 0.4) is 0 Å². The van der Waals surface area contributed by atoms with E-state index in [0.717, 1.165) is 32.3 Å². The van der Waals surface area contributed by atoms with Crippen LogP contribution in [-0.4, -0.2) is 45.8 Å². The van der Waals surface area contributed by atoms with Crippen LogP contribution in [0.4, 0.5) is 14.3 Å². The van der Waals surface area contributed by atoms with Gasteiger partial charge in [0.05, 0.1) is 11.3 Å². The summed E-state index contributed by atoms with van der Waals surface area (Å²) in [6.45, 7) is 1.26. The Balaban J connectivity index is 1.58. The molecule has 0 atom stereocenters. The first-order chi connectivity index (χ1) is 18.6. The maximum atomic E-state index is 16.5. The number of aromatic nitrogens is 2. The van der Waals surface area contributed by atoms with Crippen LogP contribution in [0.25, 0.3) is 28.6 Å². The standard InChI is InChI=1S/C31H29BF2N4O/c1-19-17-21(3)37-30(19)28(26-16-12-23-7-6-8-27(39)29(23)35-26)31-20(2)18-25(38(31)32(37,33)34)15-11-22-9-13-24(14-10-22)36(4)5/h6-18,39H,1-5H3/b15-11+. The number of fused-ring (bicyclic) bond motifs is 3. The first kappa shape index (κ1) is 24.9. The molecule has 2 aromatic carbocycles. The summed E-state index contributed by atoms with van der Waals surface area (Å²) in [6.07, 6.45) is 5.42. The molecule has 8 heteroatoms. The Bertz CT molecular complexity index is 1790. The molecule has 2 aliphatic heterocycles. The van der Waals surface area contributed by atoms with Gasteiger partial charge in [-0.25, -0.2) is 4.98 Å². The number of phenols is 1. The number of aryl methyl sites for hydroxylation is 1. The number of aromatic hydroxyl groups is 1. The van der Waals surface area contributed by atoms with Crippen molar-refractivity contribution in [3.63, 3.8) is 0 Å². The molecule has 6 rings (SSSR count). The van der Waals surface area contributed by atoms with Crippen molar-refractivity contribution in [2.24, 2.45) is 0 Å². The van der Waals surface area contributed by atoms with Gasteiger partial charge in [-0.1, -0.05) is 36.4 Å². The fourth-order valence-corrected chi connectivity index (χ4v) is 5.80. The number of pyridine rings is 1. The maximum absolute atomic E-state index is 16.5. The number of anilines is 1. The van der Waals surface area contributed by atoms with Crippen LogP contribution in [0.2, 0.25) is 0 Å². The molecule has 39 heavy (non-hydrogen) atoms. The van der Waals surface area contributed by atoms with Crippen molar-refractivity contribution < 1.29 is 18.2 Å². The summed E-state index contributed by atoms with van der Waals surface area (Å²) >= 11 is 0. The van der Waals surface area contributed by atoms with E-state index >= 15 is 8.63 Å². The van der Waals surface area contributed by atoms with E-state index in [1.807, 2.05) is 87.4 Å². The largest absolute Gasteiger partial charge is 0.737 e. The van der Waals surface area contributed by atoms with Crippen molar-refractivity contribution in [2.45, 2.75) is 20.8 Å². The Morgan fingerprint density at radius 3 is 2.44 bits per heavy atom. The van der Waals surface area contributed by atoms with E-state index in [4.69, 9.17) is 4.98 Å². The van der Waals surface area contributed by atoms with Crippen molar-refractivity contribution >= 4 is 47.0 Å². The van der Waals surface area contributed by atoms with Gasteiger partial charge >= 0.3 is 6.97 Å². The first-order valence-corrected chi connectivity index (χ1v) is 12.9. The van der Waals surface area contributed by atoms with Crippen molar-refractivity contribution in [3.05, 3.63) is 106 Å². The number of rotatable bonds is 4. The molecule has 0 saturated heterocycles. The number of para-hydroxylation sites is 1. The van der Waals surface area contributed by atoms with Gasteiger partial charge < -0.3 is 27.6 Å². The van der Waals surface area contributed by atoms with Crippen LogP contribution in [0.5, 0.6) is 5.75 Å². The summed E-state index contributed by atoms with van der Waals surface area (Å²) < 4.78 is 35.3. The highest BCUT2D eigenvalue weighted by atomic mass is 19.2. The molecular weight excluding hydrogens is 493 g/mol. The molecule has 0 fully saturated rings. The molecule has 0 aliphatic carbocycles. The molecule has 0 bridgehead atoms. The topological polar surface area (TPSA) is 44.3 Å². The van der Waals surface area contributed by atoms with Crippen molar-refractivity contribution in [1.29, 1.82) is 0 Å². The van der Waals surface area contributed by atoms with Gasteiger partial charge in [-0.3, -0.25) is 0 Å². The lowest BCUT2D eigenvalue weighted by atomic mass is 9.85. The number of phenolic OH excluding ortho intramolecular Hbond substituents is 1. The van der Waals surface area contributed by atoms with Gasteiger partial charge in [-0.05, 0) is 61.4 Å². The minimum absolute atomic E-state index is 0.0552. The molecule has 0 radical (unpaired) electrons. The molecule has 4 aromatic rings. The quantitative estimate of drug-likeness (QED) is 0.303. The van der Waals surface area contributed by atoms with E-state index in [9.17, 15) is 5.11 Å². The van der Waals surface area contributed by atoms with Gasteiger partial charge in [0.2, 0.25) is 0 Å². The van der Waals surface area contributed by atoms with Gasteiger partial charge in [0, 0.05) is 55.1 Å². The number of hydrogen-bond acceptors (Lipinski definition) is 3. The Kier molecular flexibility index (Phi) is 5.61. The number of benzene rings is 2. The molecule has 0 unspecified atom stereocenters. The summed E-state index contributed by atoms with van der Waals surface area (Å²) in [5.41, 5.74) is 6.90. The number of hydrogen-bond donors (Lipinski definition) is 1. The Hall–Kier alpha value is -4.46. The van der Waals surface area contributed by atoms with Gasteiger partial charge in [0.15, 0.2) is 5.70 Å². The average molecular weight is 522 g/mol. The first-order valence-electron chi connectivity index (χ1n) is 12.9. The molecule has 5 nitrogen and oxygen atoms in total. The highest BCUT2D eigenvalue weighted by Gasteiger charge is 2.55. The molecular formula is C31H29BF2N4O. The van der Waals surface area contributed by atoms with Crippen LogP contribution in [0, 0.1) is 6.92 Å². The zero-order valence-corrected chi connectivity index (χ0v) is 22.6. The Morgan fingerprint density at radius 1 is 0.974 bits per heavy atom. The Labute approximate surface area is 226 Å². The SMILES string of the molecule is CC1=CC(C)=[N+]2C1=C(c1ccc3cccc(O)c3n1)c1c(C)cc(/C=C/c3ccc(N(C)C)cc3)n1[B-]2(F)F. The van der Waals surface area contributed by atoms with E-state index < -0.39 is 6.97 Å². The van der Waals surface area contributed by atoms with E-state index in [1.165, 1.54) is 4.48 Å². The smallest absolute Gasteiger partial charge is 0.506 e. The van der Waals surface area contributed by atoms with Gasteiger partial charge in [0.1, 0.15) is 17.0 Å². The number of nitrogens with zero attached hydrogens (tertiary/aromatic N) is 4. The average Bonchev–Trinajstić information content (AvgIpc) is 3.40. The predicted molar refractivity (Wildman–Crippen MR) is 156 cm³/mol. The van der Waals surface area contributed by atoms with Crippen LogP contribution in [-0.2, 0) is 0 Å². The molecule has 4 heterocycles. The monoisotopic (exact) mass is 522 g/mol. The fourth-order valence-electron chi connectivity index (χ4n) is 5.80. The second-order valence-corrected chi connectivity index (χ2v) is 10.5. The van der Waals surface area contributed by atoms with Crippen LogP contribution < -0.4 is 4.90 Å². The lowest BCUT2D eigenvalue weighted by molar-refractivity contribution is -0.363. The highest BCUT2D eigenvalue weighted by Crippen LogP contribution is 2.44. The number of allylic oxidation sites excluding steroid dienone is 2. The molecule has 0 spiro atoms. The number of halogens is 2. The van der Waals surface area contributed by atoms with E-state index in [0.29, 0.717) is 39.6 Å². The fraction of sp³-hybridized carbons (Fsp3) is 0.161. The van der Waals surface area contributed by atoms with Crippen molar-refractivity contribution in [3.8, 4) is 5.75 Å². The van der Waals surface area contributed by atoms with Crippen molar-refractivity contribution in [1.82, 2.24) is 9.46 Å². The van der Waals surface area contributed by atoms with E-state index in [1.54, 1.807) is 31.2 Å². The second kappa shape index (κ2) is 8.80. The zero-order valence-electron chi connectivity index (χ0n) is 22.6. The lowest BCUT2D eigenvalue weighted by Crippen LogP contribution is -2.51. The second-order valence-electron chi connectivity index (χ2n) is 10.5. The van der Waals surface area contributed by atoms with Gasteiger partial charge in [-0.15, -0.1) is 0 Å². The molecule has 1 N–H and O–H groups in total. The molecule has 196 valence electrons. The highest BCUT2D eigenvalue weighted by molar-refractivity contribution is 6.58. The molecule has 2 aliphatic rings. The van der Waals surface area contributed by atoms with Crippen LogP contribution in [0.1, 0.15) is 42.1 Å². The predicted octanol–water partition coefficient (Wildman–Crippen LogP) is 6.72. The normalized spacial score (nSPS) is 16.2. The summed E-state index contributed by atoms with van der Waals surface area (Å²) in [7, 11) is 3.95. The molecule has 2 aromatic heterocycles. The zero-order chi connectivity index (χ0) is 27.6. The molecule has 0 saturated carbocycles. The summed E-state index contributed by atoms with van der Waals surface area (Å²) in [4.78, 5) is 6.80. The van der Waals surface area contributed by atoms with Crippen LogP contribution >= 0.6 is 0 Å². The third-order valence-electron chi connectivity index (χ3n) is 7.58. The molecule has 0 amide bonds. The van der Waals surface area contributed by atoms with E-state index in [2.05, 4.69) is 0 Å². The lowest BCUT2D eigenvalue weighted by Gasteiger charge is -2.33. The third kappa shape index (κ3) is 3.81. The van der Waals surface area contributed by atoms with Crippen molar-refractivity contribution in [2.75, 3.05) is 19.0 Å². The van der Waals surface area contributed by atoms with Gasteiger partial charge in [0.25, 0.3) is 0 Å².